The van der Waals surface area contributed by atoms with Gasteiger partial charge in [0.1, 0.15) is 5.75 Å². The van der Waals surface area contributed by atoms with Gasteiger partial charge < -0.3 is 9.29 Å². The third kappa shape index (κ3) is 5.66. The number of fused-ring (bicyclic) bond motifs is 2. The lowest BCUT2D eigenvalue weighted by Gasteiger charge is -2.30. The van der Waals surface area contributed by atoms with E-state index in [1.165, 1.54) is 19.3 Å². The molecule has 0 radical (unpaired) electrons. The molecule has 2 aliphatic carbocycles. The molecule has 27 heavy (non-hydrogen) atoms. The van der Waals surface area contributed by atoms with Gasteiger partial charge in [-0.2, -0.15) is 4.21 Å². The number of aryl methyl sites for hydroxylation is 1. The zero-order valence-electron chi connectivity index (χ0n) is 15.8. The number of hydrogen-bond donors (Lipinski definition) is 2. The summed E-state index contributed by atoms with van der Waals surface area (Å²) in [5.74, 6) is 1.62. The molecule has 2 N–H and O–H groups in total. The van der Waals surface area contributed by atoms with E-state index in [4.69, 9.17) is 9.29 Å². The van der Waals surface area contributed by atoms with Crippen LogP contribution in [0.1, 0.15) is 50.5 Å². The second kappa shape index (κ2) is 9.51. The van der Waals surface area contributed by atoms with Crippen molar-refractivity contribution in [1.82, 2.24) is 4.72 Å². The molecule has 3 rings (SSSR count). The van der Waals surface area contributed by atoms with E-state index >= 15 is 0 Å². The Kier molecular flexibility index (Phi) is 7.07. The topological polar surface area (TPSA) is 75.6 Å². The van der Waals surface area contributed by atoms with E-state index < -0.39 is 17.2 Å². The van der Waals surface area contributed by atoms with Crippen LogP contribution in [0.3, 0.4) is 0 Å². The number of benzene rings is 1. The molecule has 148 valence electrons. The monoisotopic (exact) mass is 391 g/mol. The maximum Gasteiger partial charge on any atom is 0.303 e. The van der Waals surface area contributed by atoms with Crippen LogP contribution in [0.15, 0.2) is 36.4 Å². The Morgan fingerprint density at radius 3 is 2.74 bits per heavy atom. The van der Waals surface area contributed by atoms with Crippen LogP contribution >= 0.6 is 0 Å². The minimum absolute atomic E-state index is 0.220. The van der Waals surface area contributed by atoms with E-state index in [1.807, 2.05) is 31.2 Å². The van der Waals surface area contributed by atoms with E-state index in [2.05, 4.69) is 16.9 Å². The molecule has 5 nitrogen and oxygen atoms in total. The lowest BCUT2D eigenvalue weighted by atomic mass is 9.83. The van der Waals surface area contributed by atoms with Crippen molar-refractivity contribution in [3.05, 3.63) is 42.0 Å². The third-order valence-electron chi connectivity index (χ3n) is 5.85. The third-order valence-corrected chi connectivity index (χ3v) is 6.66. The lowest BCUT2D eigenvalue weighted by molar-refractivity contribution is -0.137. The predicted octanol–water partition coefficient (Wildman–Crippen LogP) is 4.16. The molecule has 0 saturated heterocycles. The molecule has 2 bridgehead atoms. The standard InChI is InChI=1S/C21H29NO4S/c1-15-8-12-18(13-9-15)26-27(25)22-21-17-11-10-16(14-17)19(21)6-4-2-3-5-7-20(23)24/h2,4,8-9,12-13,16-17,19,21-22H,3,5-7,10-11,14H2,1H3,(H,23,24). The molecule has 0 spiro atoms. The summed E-state index contributed by atoms with van der Waals surface area (Å²) >= 11 is -1.54. The van der Waals surface area contributed by atoms with E-state index in [0.29, 0.717) is 29.9 Å². The van der Waals surface area contributed by atoms with Gasteiger partial charge in [0.25, 0.3) is 11.3 Å². The number of aliphatic carboxylic acids is 1. The van der Waals surface area contributed by atoms with Gasteiger partial charge in [0.15, 0.2) is 0 Å². The highest BCUT2D eigenvalue weighted by Crippen LogP contribution is 2.50. The fourth-order valence-corrected chi connectivity index (χ4v) is 5.42. The molecule has 0 amide bonds. The van der Waals surface area contributed by atoms with Gasteiger partial charge in [-0.25, -0.2) is 4.72 Å². The fourth-order valence-electron chi connectivity index (χ4n) is 4.49. The zero-order valence-corrected chi connectivity index (χ0v) is 16.6. The number of allylic oxidation sites excluding steroid dienone is 2. The van der Waals surface area contributed by atoms with Crippen LogP contribution in [-0.2, 0) is 16.1 Å². The van der Waals surface area contributed by atoms with Crippen LogP contribution in [0.25, 0.3) is 0 Å². The average molecular weight is 392 g/mol. The molecule has 2 fully saturated rings. The summed E-state index contributed by atoms with van der Waals surface area (Å²) in [6.45, 7) is 2.01. The van der Waals surface area contributed by atoms with Crippen molar-refractivity contribution in [3.63, 3.8) is 0 Å². The van der Waals surface area contributed by atoms with Crippen molar-refractivity contribution in [2.45, 2.75) is 57.9 Å². The van der Waals surface area contributed by atoms with Crippen molar-refractivity contribution in [2.24, 2.45) is 17.8 Å². The highest BCUT2D eigenvalue weighted by atomic mass is 32.2. The second-order valence-corrected chi connectivity index (χ2v) is 8.64. The largest absolute Gasteiger partial charge is 0.481 e. The molecule has 2 saturated carbocycles. The number of carboxylic acid groups (broad SMARTS) is 1. The highest BCUT2D eigenvalue weighted by molar-refractivity contribution is 7.78. The van der Waals surface area contributed by atoms with Gasteiger partial charge in [-0.15, -0.1) is 0 Å². The molecular formula is C21H29NO4S. The summed E-state index contributed by atoms with van der Waals surface area (Å²) in [5, 5.41) is 8.68. The van der Waals surface area contributed by atoms with Crippen molar-refractivity contribution in [1.29, 1.82) is 0 Å². The molecule has 1 aromatic carbocycles. The lowest BCUT2D eigenvalue weighted by Crippen LogP contribution is -2.42. The van der Waals surface area contributed by atoms with Gasteiger partial charge in [0.2, 0.25) is 0 Å². The first kappa shape index (κ1) is 20.1. The van der Waals surface area contributed by atoms with Gasteiger partial charge in [-0.1, -0.05) is 29.8 Å². The Balaban J connectivity index is 1.50. The minimum Gasteiger partial charge on any atom is -0.481 e. The highest BCUT2D eigenvalue weighted by Gasteiger charge is 2.47. The number of nitrogens with one attached hydrogen (secondary N) is 1. The first-order valence-corrected chi connectivity index (χ1v) is 10.9. The first-order chi connectivity index (χ1) is 13.0. The van der Waals surface area contributed by atoms with Crippen LogP contribution in [0.2, 0.25) is 0 Å². The van der Waals surface area contributed by atoms with E-state index in [9.17, 15) is 9.00 Å². The molecular weight excluding hydrogens is 362 g/mol. The van der Waals surface area contributed by atoms with Crippen molar-refractivity contribution < 1.29 is 18.3 Å². The van der Waals surface area contributed by atoms with Crippen molar-refractivity contribution >= 4 is 17.2 Å². The van der Waals surface area contributed by atoms with Crippen molar-refractivity contribution in [2.75, 3.05) is 0 Å². The molecule has 5 atom stereocenters. The van der Waals surface area contributed by atoms with Gasteiger partial charge in [0.05, 0.1) is 0 Å². The zero-order chi connectivity index (χ0) is 19.2. The molecule has 2 aliphatic rings. The molecule has 1 aromatic rings. The van der Waals surface area contributed by atoms with Crippen molar-refractivity contribution in [3.8, 4) is 5.75 Å². The summed E-state index contributed by atoms with van der Waals surface area (Å²) in [7, 11) is 0. The van der Waals surface area contributed by atoms with Crippen LogP contribution in [-0.4, -0.2) is 21.3 Å². The van der Waals surface area contributed by atoms with Crippen LogP contribution in [0, 0.1) is 24.7 Å². The van der Waals surface area contributed by atoms with Crippen LogP contribution in [0.5, 0.6) is 5.75 Å². The molecule has 6 heteroatoms. The molecule has 0 heterocycles. The fraction of sp³-hybridized carbons (Fsp3) is 0.571. The van der Waals surface area contributed by atoms with E-state index in [-0.39, 0.29) is 12.5 Å². The smallest absolute Gasteiger partial charge is 0.303 e. The average Bonchev–Trinajstić information content (AvgIpc) is 3.22. The summed E-state index contributed by atoms with van der Waals surface area (Å²) < 4.78 is 21.2. The summed E-state index contributed by atoms with van der Waals surface area (Å²) in [5.41, 5.74) is 1.14. The van der Waals surface area contributed by atoms with Gasteiger partial charge in [0, 0.05) is 12.5 Å². The summed E-state index contributed by atoms with van der Waals surface area (Å²) in [4.78, 5) is 10.5. The maximum atomic E-state index is 12.5. The van der Waals surface area contributed by atoms with Crippen LogP contribution in [0.4, 0.5) is 0 Å². The SMILES string of the molecule is Cc1ccc(OS(=O)NC2C3CCC(C3)C2CC=CCCCC(=O)O)cc1. The Hall–Kier alpha value is -1.66. The minimum atomic E-state index is -1.54. The Labute approximate surface area is 164 Å². The Morgan fingerprint density at radius 1 is 1.26 bits per heavy atom. The van der Waals surface area contributed by atoms with Gasteiger partial charge in [-0.05, 0) is 75.3 Å². The number of carbonyl (C=O) groups is 1. The number of carboxylic acids is 1. The van der Waals surface area contributed by atoms with E-state index in [0.717, 1.165) is 18.4 Å². The second-order valence-electron chi connectivity index (χ2n) is 7.76. The molecule has 0 aliphatic heterocycles. The van der Waals surface area contributed by atoms with Gasteiger partial charge in [-0.3, -0.25) is 4.79 Å². The predicted molar refractivity (Wildman–Crippen MR) is 106 cm³/mol. The van der Waals surface area contributed by atoms with E-state index in [1.54, 1.807) is 0 Å². The number of rotatable bonds is 10. The van der Waals surface area contributed by atoms with Crippen LogP contribution < -0.4 is 8.91 Å². The normalized spacial score (nSPS) is 27.9. The van der Waals surface area contributed by atoms with Gasteiger partial charge >= 0.3 is 5.97 Å². The number of hydrogen-bond acceptors (Lipinski definition) is 3. The summed E-state index contributed by atoms with van der Waals surface area (Å²) in [6.07, 6.45) is 10.6. The maximum absolute atomic E-state index is 12.5. The Bertz CT molecular complexity index is 688. The number of unbranched alkanes of at least 4 members (excludes halogenated alkanes) is 1. The molecule has 0 aromatic heterocycles. The molecule has 5 unspecified atom stereocenters. The quantitative estimate of drug-likeness (QED) is 0.464. The Morgan fingerprint density at radius 2 is 2.00 bits per heavy atom. The summed E-state index contributed by atoms with van der Waals surface area (Å²) in [6, 6.07) is 7.79. The first-order valence-electron chi connectivity index (χ1n) is 9.82.